The summed E-state index contributed by atoms with van der Waals surface area (Å²) >= 11 is 0. The number of nitrogens with one attached hydrogen (secondary N) is 1. The Morgan fingerprint density at radius 3 is 2.67 bits per heavy atom. The molecule has 1 fully saturated rings. The van der Waals surface area contributed by atoms with E-state index in [9.17, 15) is 5.11 Å². The normalized spacial score (nSPS) is 22.7. The zero-order valence-corrected chi connectivity index (χ0v) is 11.8. The highest BCUT2D eigenvalue weighted by Gasteiger charge is 2.19. The van der Waals surface area contributed by atoms with Crippen LogP contribution >= 0.6 is 0 Å². The fraction of sp³-hybridized carbons (Fsp3) is 1.00. The van der Waals surface area contributed by atoms with Gasteiger partial charge in [-0.15, -0.1) is 0 Å². The van der Waals surface area contributed by atoms with Crippen LogP contribution in [0.25, 0.3) is 0 Å². The van der Waals surface area contributed by atoms with Crippen LogP contribution in [-0.4, -0.2) is 61.7 Å². The lowest BCUT2D eigenvalue weighted by Crippen LogP contribution is -2.49. The molecule has 1 aliphatic rings. The van der Waals surface area contributed by atoms with Gasteiger partial charge in [-0.05, 0) is 25.4 Å². The Kier molecular flexibility index (Phi) is 7.77. The van der Waals surface area contributed by atoms with Crippen LogP contribution in [0.2, 0.25) is 0 Å². The minimum atomic E-state index is -0.593. The van der Waals surface area contributed by atoms with Crippen molar-refractivity contribution in [3.8, 4) is 0 Å². The first-order chi connectivity index (χ1) is 8.65. The molecule has 0 aromatic carbocycles. The molecule has 0 radical (unpaired) electrons. The fourth-order valence-corrected chi connectivity index (χ4v) is 2.10. The Bertz CT molecular complexity index is 210. The van der Waals surface area contributed by atoms with E-state index in [-0.39, 0.29) is 6.04 Å². The zero-order valence-electron chi connectivity index (χ0n) is 11.8. The van der Waals surface area contributed by atoms with E-state index in [1.54, 1.807) is 0 Å². The molecule has 5 heteroatoms. The highest BCUT2D eigenvalue weighted by molar-refractivity contribution is 4.75. The van der Waals surface area contributed by atoms with Crippen LogP contribution in [0.1, 0.15) is 26.7 Å². The van der Waals surface area contributed by atoms with Crippen molar-refractivity contribution < 1.29 is 9.84 Å². The molecule has 0 aromatic rings. The van der Waals surface area contributed by atoms with Crippen molar-refractivity contribution in [3.63, 3.8) is 0 Å². The quantitative estimate of drug-likeness (QED) is 0.422. The van der Waals surface area contributed by atoms with Gasteiger partial charge in [0.05, 0.1) is 13.2 Å². The monoisotopic (exact) mass is 259 g/mol. The van der Waals surface area contributed by atoms with Crippen molar-refractivity contribution in [2.45, 2.75) is 39.0 Å². The maximum atomic E-state index is 9.89. The molecular formula is C13H29N3O2. The molecule has 1 saturated heterocycles. The van der Waals surface area contributed by atoms with Crippen molar-refractivity contribution in [2.24, 2.45) is 11.7 Å². The summed E-state index contributed by atoms with van der Waals surface area (Å²) in [6, 6.07) is -0.182. The molecule has 18 heavy (non-hydrogen) atoms. The highest BCUT2D eigenvalue weighted by atomic mass is 16.5. The van der Waals surface area contributed by atoms with Crippen LogP contribution in [0.4, 0.5) is 0 Å². The third-order valence-corrected chi connectivity index (χ3v) is 3.77. The molecule has 108 valence electrons. The van der Waals surface area contributed by atoms with Gasteiger partial charge >= 0.3 is 0 Å². The Labute approximate surface area is 111 Å². The van der Waals surface area contributed by atoms with E-state index in [1.807, 2.05) is 0 Å². The number of hydrogen-bond acceptors (Lipinski definition) is 5. The van der Waals surface area contributed by atoms with Gasteiger partial charge in [0.1, 0.15) is 6.23 Å². The SMILES string of the molecule is CCC(C)C(N)C(O)NCCCN1CCOCC1. The molecule has 0 aromatic heterocycles. The second-order valence-corrected chi connectivity index (χ2v) is 5.17. The molecule has 0 bridgehead atoms. The average molecular weight is 259 g/mol. The molecule has 1 heterocycles. The number of nitrogens with zero attached hydrogens (tertiary/aromatic N) is 1. The van der Waals surface area contributed by atoms with Crippen molar-refractivity contribution >= 4 is 0 Å². The Morgan fingerprint density at radius 2 is 2.06 bits per heavy atom. The largest absolute Gasteiger partial charge is 0.379 e. The van der Waals surface area contributed by atoms with Gasteiger partial charge < -0.3 is 15.6 Å². The number of nitrogens with two attached hydrogens (primary N) is 1. The molecule has 3 unspecified atom stereocenters. The third kappa shape index (κ3) is 5.63. The summed E-state index contributed by atoms with van der Waals surface area (Å²) in [6.45, 7) is 9.76. The van der Waals surface area contributed by atoms with Crippen LogP contribution < -0.4 is 11.1 Å². The van der Waals surface area contributed by atoms with Crippen molar-refractivity contribution in [1.82, 2.24) is 10.2 Å². The molecule has 0 aliphatic carbocycles. The van der Waals surface area contributed by atoms with Crippen molar-refractivity contribution in [2.75, 3.05) is 39.4 Å². The lowest BCUT2D eigenvalue weighted by molar-refractivity contribution is 0.0359. The predicted molar refractivity (Wildman–Crippen MR) is 73.3 cm³/mol. The predicted octanol–water partition coefficient (Wildman–Crippen LogP) is -0.00990. The van der Waals surface area contributed by atoms with Crippen molar-refractivity contribution in [1.29, 1.82) is 0 Å². The highest BCUT2D eigenvalue weighted by Crippen LogP contribution is 2.07. The first-order valence-corrected chi connectivity index (χ1v) is 7.12. The van der Waals surface area contributed by atoms with Gasteiger partial charge in [-0.2, -0.15) is 0 Å². The van der Waals surface area contributed by atoms with E-state index in [0.717, 1.165) is 52.2 Å². The van der Waals surface area contributed by atoms with Gasteiger partial charge in [0.15, 0.2) is 0 Å². The number of aliphatic hydroxyl groups excluding tert-OH is 1. The van der Waals surface area contributed by atoms with Gasteiger partial charge in [-0.25, -0.2) is 0 Å². The number of ether oxygens (including phenoxy) is 1. The summed E-state index contributed by atoms with van der Waals surface area (Å²) in [5.41, 5.74) is 5.96. The van der Waals surface area contributed by atoms with Gasteiger partial charge in [0, 0.05) is 19.1 Å². The summed E-state index contributed by atoms with van der Waals surface area (Å²) in [7, 11) is 0. The molecule has 0 saturated carbocycles. The van der Waals surface area contributed by atoms with E-state index in [1.165, 1.54) is 0 Å². The summed E-state index contributed by atoms with van der Waals surface area (Å²) in [5, 5.41) is 13.0. The second-order valence-electron chi connectivity index (χ2n) is 5.17. The standard InChI is InChI=1S/C13H29N3O2/c1-3-11(2)12(14)13(17)15-5-4-6-16-7-9-18-10-8-16/h11-13,15,17H,3-10,14H2,1-2H3. The maximum absolute atomic E-state index is 9.89. The molecule has 0 spiro atoms. The van der Waals surface area contributed by atoms with E-state index in [2.05, 4.69) is 24.1 Å². The zero-order chi connectivity index (χ0) is 13.4. The summed E-state index contributed by atoms with van der Waals surface area (Å²) in [6.07, 6.45) is 1.43. The Hall–Kier alpha value is -0.200. The second kappa shape index (κ2) is 8.82. The van der Waals surface area contributed by atoms with Crippen LogP contribution in [0.5, 0.6) is 0 Å². The topological polar surface area (TPSA) is 70.8 Å². The van der Waals surface area contributed by atoms with E-state index in [4.69, 9.17) is 10.5 Å². The smallest absolute Gasteiger partial charge is 0.120 e. The number of morpholine rings is 1. The first-order valence-electron chi connectivity index (χ1n) is 7.12. The molecular weight excluding hydrogens is 230 g/mol. The fourth-order valence-electron chi connectivity index (χ4n) is 2.10. The third-order valence-electron chi connectivity index (χ3n) is 3.77. The van der Waals surface area contributed by atoms with E-state index < -0.39 is 6.23 Å². The molecule has 1 aliphatic heterocycles. The summed E-state index contributed by atoms with van der Waals surface area (Å²) in [4.78, 5) is 2.39. The first kappa shape index (κ1) is 15.9. The molecule has 0 amide bonds. The van der Waals surface area contributed by atoms with E-state index >= 15 is 0 Å². The maximum Gasteiger partial charge on any atom is 0.120 e. The van der Waals surface area contributed by atoms with E-state index in [0.29, 0.717) is 5.92 Å². The van der Waals surface area contributed by atoms with Gasteiger partial charge in [0.25, 0.3) is 0 Å². The minimum absolute atomic E-state index is 0.182. The lowest BCUT2D eigenvalue weighted by Gasteiger charge is -2.27. The van der Waals surface area contributed by atoms with Crippen LogP contribution in [0.3, 0.4) is 0 Å². The Balaban J connectivity index is 2.05. The van der Waals surface area contributed by atoms with Crippen LogP contribution in [0.15, 0.2) is 0 Å². The summed E-state index contributed by atoms with van der Waals surface area (Å²) in [5.74, 6) is 0.340. The Morgan fingerprint density at radius 1 is 1.39 bits per heavy atom. The van der Waals surface area contributed by atoms with Crippen LogP contribution in [-0.2, 0) is 4.74 Å². The number of hydrogen-bond donors (Lipinski definition) is 3. The van der Waals surface area contributed by atoms with Gasteiger partial charge in [-0.1, -0.05) is 20.3 Å². The average Bonchev–Trinajstić information content (AvgIpc) is 2.42. The lowest BCUT2D eigenvalue weighted by atomic mass is 9.99. The molecule has 4 N–H and O–H groups in total. The molecule has 3 atom stereocenters. The van der Waals surface area contributed by atoms with Crippen molar-refractivity contribution in [3.05, 3.63) is 0 Å². The van der Waals surface area contributed by atoms with Crippen LogP contribution in [0, 0.1) is 5.92 Å². The number of aliphatic hydroxyl groups is 1. The van der Waals surface area contributed by atoms with Gasteiger partial charge in [-0.3, -0.25) is 10.2 Å². The molecule has 1 rings (SSSR count). The molecule has 5 nitrogen and oxygen atoms in total. The number of rotatable bonds is 8. The minimum Gasteiger partial charge on any atom is -0.379 e. The summed E-state index contributed by atoms with van der Waals surface area (Å²) < 4.78 is 5.30. The van der Waals surface area contributed by atoms with Gasteiger partial charge in [0.2, 0.25) is 0 Å².